The Hall–Kier alpha value is -2.93. The van der Waals surface area contributed by atoms with Crippen molar-refractivity contribution in [1.82, 2.24) is 19.7 Å². The number of hydrogen-bond donors (Lipinski definition) is 0. The van der Waals surface area contributed by atoms with Gasteiger partial charge in [-0.25, -0.2) is 9.78 Å². The van der Waals surface area contributed by atoms with Crippen LogP contribution in [0.15, 0.2) is 24.3 Å². The molecule has 0 saturated carbocycles. The van der Waals surface area contributed by atoms with Gasteiger partial charge in [0.15, 0.2) is 0 Å². The highest BCUT2D eigenvalue weighted by Crippen LogP contribution is 2.38. The Kier molecular flexibility index (Phi) is 8.21. The summed E-state index contributed by atoms with van der Waals surface area (Å²) in [6.45, 7) is 8.54. The van der Waals surface area contributed by atoms with E-state index < -0.39 is 29.6 Å². The van der Waals surface area contributed by atoms with Crippen LogP contribution in [0.25, 0.3) is 10.9 Å². The van der Waals surface area contributed by atoms with Gasteiger partial charge in [0.2, 0.25) is 5.91 Å². The Morgan fingerprint density at radius 1 is 1.07 bits per heavy atom. The molecule has 224 valence electrons. The number of anilines is 1. The summed E-state index contributed by atoms with van der Waals surface area (Å²) in [5, 5.41) is 0.594. The van der Waals surface area contributed by atoms with E-state index in [1.807, 2.05) is 4.90 Å². The molecule has 41 heavy (non-hydrogen) atoms. The Morgan fingerprint density at radius 3 is 2.41 bits per heavy atom. The predicted molar refractivity (Wildman–Crippen MR) is 151 cm³/mol. The third-order valence-corrected chi connectivity index (χ3v) is 8.68. The molecule has 2 aromatic rings. The molecule has 0 radical (unpaired) electrons. The molecule has 4 heterocycles. The van der Waals surface area contributed by atoms with Gasteiger partial charge in [0.25, 0.3) is 0 Å². The van der Waals surface area contributed by atoms with Crippen LogP contribution in [0.3, 0.4) is 0 Å². The number of carbonyl (C=O) groups excluding carboxylic acids is 2. The minimum atomic E-state index is -4.60. The van der Waals surface area contributed by atoms with E-state index in [4.69, 9.17) is 9.47 Å². The molecular weight excluding hydrogens is 559 g/mol. The minimum absolute atomic E-state index is 0.0566. The first kappa shape index (κ1) is 29.6. The zero-order chi connectivity index (χ0) is 29.5. The summed E-state index contributed by atoms with van der Waals surface area (Å²) in [4.78, 5) is 38.0. The van der Waals surface area contributed by atoms with Crippen LogP contribution in [-0.4, -0.2) is 107 Å². The summed E-state index contributed by atoms with van der Waals surface area (Å²) in [5.41, 5.74) is -1.02. The van der Waals surface area contributed by atoms with E-state index in [1.54, 1.807) is 60.5 Å². The number of fused-ring (bicyclic) bond motifs is 1. The average Bonchev–Trinajstić information content (AvgIpc) is 3.61. The minimum Gasteiger partial charge on any atom is -0.494 e. The molecule has 0 unspecified atom stereocenters. The van der Waals surface area contributed by atoms with Crippen LogP contribution in [0.1, 0.15) is 32.9 Å². The number of benzene rings is 1. The number of pyridine rings is 1. The molecule has 2 atom stereocenters. The van der Waals surface area contributed by atoms with E-state index in [2.05, 4.69) is 9.88 Å². The molecular formula is C28H36F3N5O4S. The van der Waals surface area contributed by atoms with Crippen LogP contribution in [0.5, 0.6) is 5.75 Å². The van der Waals surface area contributed by atoms with Crippen LogP contribution >= 0.6 is 11.8 Å². The van der Waals surface area contributed by atoms with Crippen molar-refractivity contribution >= 4 is 40.4 Å². The van der Waals surface area contributed by atoms with Gasteiger partial charge >= 0.3 is 12.3 Å². The lowest BCUT2D eigenvalue weighted by Gasteiger charge is -2.39. The molecule has 3 aliphatic heterocycles. The van der Waals surface area contributed by atoms with Gasteiger partial charge in [0.1, 0.15) is 28.6 Å². The smallest absolute Gasteiger partial charge is 0.433 e. The lowest BCUT2D eigenvalue weighted by atomic mass is 10.1. The molecule has 5 rings (SSSR count). The number of nitrogens with zero attached hydrogens (tertiary/aromatic N) is 5. The quantitative estimate of drug-likeness (QED) is 0.518. The van der Waals surface area contributed by atoms with Crippen molar-refractivity contribution in [1.29, 1.82) is 0 Å². The van der Waals surface area contributed by atoms with Crippen molar-refractivity contribution in [3.63, 3.8) is 0 Å². The van der Waals surface area contributed by atoms with E-state index in [0.29, 0.717) is 62.6 Å². The van der Waals surface area contributed by atoms with Crippen LogP contribution in [0.4, 0.5) is 23.7 Å². The largest absolute Gasteiger partial charge is 0.494 e. The maximum absolute atomic E-state index is 13.8. The van der Waals surface area contributed by atoms with Gasteiger partial charge in [0, 0.05) is 62.1 Å². The van der Waals surface area contributed by atoms with Crippen LogP contribution in [-0.2, 0) is 15.7 Å². The summed E-state index contributed by atoms with van der Waals surface area (Å²) in [6, 6.07) is 5.56. The van der Waals surface area contributed by atoms with E-state index in [-0.39, 0.29) is 23.2 Å². The number of methoxy groups -OCH3 is 1. The predicted octanol–water partition coefficient (Wildman–Crippen LogP) is 4.30. The number of para-hydroxylation sites is 1. The number of piperazine rings is 1. The zero-order valence-corrected chi connectivity index (χ0v) is 24.6. The number of rotatable bonds is 4. The highest BCUT2D eigenvalue weighted by atomic mass is 32.2. The van der Waals surface area contributed by atoms with Crippen molar-refractivity contribution in [3.8, 4) is 5.75 Å². The van der Waals surface area contributed by atoms with Crippen molar-refractivity contribution in [2.24, 2.45) is 0 Å². The van der Waals surface area contributed by atoms with Crippen LogP contribution in [0, 0.1) is 0 Å². The monoisotopic (exact) mass is 595 g/mol. The summed E-state index contributed by atoms with van der Waals surface area (Å²) >= 11 is 1.69. The summed E-state index contributed by atoms with van der Waals surface area (Å²) in [5.74, 6) is 1.72. The van der Waals surface area contributed by atoms with Gasteiger partial charge in [-0.1, -0.05) is 12.1 Å². The molecule has 0 bridgehead atoms. The standard InChI is InChI=1S/C28H36F3N5O4S/c1-27(2,3)40-26(38)36-16-18(14-21(36)25(37)35-12-13-41-17-35)33-8-10-34(11-9-33)20-15-23(28(29,30)31)32-24-19(20)6-5-7-22(24)39-4/h5-7,15,18,21H,8-14,16-17H2,1-4H3/t18-,21-/m0/s1. The molecule has 3 aliphatic rings. The Balaban J connectivity index is 1.34. The highest BCUT2D eigenvalue weighted by Gasteiger charge is 2.45. The van der Waals surface area contributed by atoms with Gasteiger partial charge in [-0.3, -0.25) is 14.6 Å². The second-order valence-corrected chi connectivity index (χ2v) is 12.7. The number of alkyl halides is 3. The number of aromatic nitrogens is 1. The van der Waals surface area contributed by atoms with Gasteiger partial charge in [0.05, 0.1) is 13.0 Å². The molecule has 1 aromatic carbocycles. The third-order valence-electron chi connectivity index (χ3n) is 7.72. The maximum atomic E-state index is 13.8. The number of hydrogen-bond acceptors (Lipinski definition) is 8. The van der Waals surface area contributed by atoms with Crippen molar-refractivity contribution < 1.29 is 32.2 Å². The molecule has 13 heteroatoms. The van der Waals surface area contributed by atoms with Crippen molar-refractivity contribution in [2.45, 2.75) is 51.1 Å². The van der Waals surface area contributed by atoms with Gasteiger partial charge in [-0.15, -0.1) is 11.8 Å². The Bertz CT molecular complexity index is 1290. The first-order valence-electron chi connectivity index (χ1n) is 13.8. The molecule has 0 spiro atoms. The molecule has 9 nitrogen and oxygen atoms in total. The first-order valence-corrected chi connectivity index (χ1v) is 14.9. The highest BCUT2D eigenvalue weighted by molar-refractivity contribution is 7.99. The molecule has 3 fully saturated rings. The fourth-order valence-electron chi connectivity index (χ4n) is 5.74. The molecule has 2 amide bonds. The van der Waals surface area contributed by atoms with Crippen molar-refractivity contribution in [3.05, 3.63) is 30.0 Å². The second-order valence-electron chi connectivity index (χ2n) is 11.6. The van der Waals surface area contributed by atoms with Gasteiger partial charge < -0.3 is 19.3 Å². The Labute approximate surface area is 241 Å². The molecule has 1 aromatic heterocycles. The second kappa shape index (κ2) is 11.4. The SMILES string of the molecule is COc1cccc2c(N3CCN([C@H]4C[C@@H](C(=O)N5CCSC5)N(C(=O)OC(C)(C)C)C4)CC3)cc(C(F)(F)F)nc12. The van der Waals surface area contributed by atoms with E-state index in [1.165, 1.54) is 7.11 Å². The van der Waals surface area contributed by atoms with Crippen molar-refractivity contribution in [2.75, 3.05) is 62.9 Å². The lowest BCUT2D eigenvalue weighted by Crippen LogP contribution is -2.51. The molecule has 0 N–H and O–H groups in total. The topological polar surface area (TPSA) is 78.5 Å². The van der Waals surface area contributed by atoms with Crippen LogP contribution in [0.2, 0.25) is 0 Å². The van der Waals surface area contributed by atoms with Gasteiger partial charge in [-0.05, 0) is 39.3 Å². The first-order chi connectivity index (χ1) is 19.4. The number of likely N-dealkylation sites (tertiary alicyclic amines) is 1. The average molecular weight is 596 g/mol. The number of thioether (sulfide) groups is 1. The third kappa shape index (κ3) is 6.30. The summed E-state index contributed by atoms with van der Waals surface area (Å²) in [7, 11) is 1.41. The van der Waals surface area contributed by atoms with Gasteiger partial charge in [-0.2, -0.15) is 13.2 Å². The summed E-state index contributed by atoms with van der Waals surface area (Å²) < 4.78 is 52.3. The van der Waals surface area contributed by atoms with E-state index in [9.17, 15) is 22.8 Å². The fourth-order valence-corrected chi connectivity index (χ4v) is 6.69. The number of halogens is 3. The molecule has 3 saturated heterocycles. The maximum Gasteiger partial charge on any atom is 0.433 e. The number of ether oxygens (including phenoxy) is 2. The van der Waals surface area contributed by atoms with E-state index >= 15 is 0 Å². The Morgan fingerprint density at radius 2 is 1.80 bits per heavy atom. The number of carbonyl (C=O) groups is 2. The van der Waals surface area contributed by atoms with Crippen LogP contribution < -0.4 is 9.64 Å². The fraction of sp³-hybridized carbons (Fsp3) is 0.607. The normalized spacial score (nSPS) is 22.5. The molecule has 0 aliphatic carbocycles. The lowest BCUT2D eigenvalue weighted by molar-refractivity contribution is -0.141. The number of amides is 2. The summed E-state index contributed by atoms with van der Waals surface area (Å²) in [6.07, 6.45) is -4.61. The van der Waals surface area contributed by atoms with E-state index in [0.717, 1.165) is 11.8 Å². The zero-order valence-electron chi connectivity index (χ0n) is 23.7.